The first kappa shape index (κ1) is 23.0. The molecule has 0 saturated carbocycles. The molecule has 33 heavy (non-hydrogen) atoms. The maximum atomic E-state index is 14.1. The largest absolute Gasteiger partial charge is 0.496 e. The van der Waals surface area contributed by atoms with Gasteiger partial charge in [-0.1, -0.05) is 48.0 Å². The van der Waals surface area contributed by atoms with Gasteiger partial charge in [0, 0.05) is 23.7 Å². The summed E-state index contributed by atoms with van der Waals surface area (Å²) >= 11 is 6.19. The Hall–Kier alpha value is -3.20. The molecule has 3 aromatic rings. The lowest BCUT2D eigenvalue weighted by Gasteiger charge is -2.24. The molecule has 1 atom stereocenters. The maximum absolute atomic E-state index is 14.1. The zero-order chi connectivity index (χ0) is 23.8. The Labute approximate surface area is 191 Å². The molecule has 4 nitrogen and oxygen atoms in total. The van der Waals surface area contributed by atoms with E-state index in [2.05, 4.69) is 10.1 Å². The van der Waals surface area contributed by atoms with Crippen molar-refractivity contribution in [3.8, 4) is 16.9 Å². The highest BCUT2D eigenvalue weighted by molar-refractivity contribution is 6.33. The molecule has 172 valence electrons. The number of alkyl halides is 5. The molecule has 10 heteroatoms. The normalized spacial score (nSPS) is 16.6. The molecule has 0 spiro atoms. The number of hydrogen-bond acceptors (Lipinski definition) is 4. The van der Waals surface area contributed by atoms with E-state index in [-0.39, 0.29) is 16.4 Å². The van der Waals surface area contributed by atoms with Gasteiger partial charge in [0.15, 0.2) is 0 Å². The van der Waals surface area contributed by atoms with E-state index in [1.54, 1.807) is 30.3 Å². The Bertz CT molecular complexity index is 1180. The molecule has 1 aromatic heterocycles. The summed E-state index contributed by atoms with van der Waals surface area (Å²) in [5.74, 6) is -4.47. The lowest BCUT2D eigenvalue weighted by Crippen LogP contribution is -2.43. The molecule has 0 saturated heterocycles. The van der Waals surface area contributed by atoms with Crippen molar-refractivity contribution in [1.82, 2.24) is 4.98 Å². The fourth-order valence-corrected chi connectivity index (χ4v) is 3.82. The van der Waals surface area contributed by atoms with Crippen molar-refractivity contribution in [2.24, 2.45) is 5.10 Å². The lowest BCUT2D eigenvalue weighted by molar-refractivity contribution is -0.249. The zero-order valence-corrected chi connectivity index (χ0v) is 17.9. The van der Waals surface area contributed by atoms with Crippen LogP contribution in [0.25, 0.3) is 11.1 Å². The third-order valence-corrected chi connectivity index (χ3v) is 5.59. The van der Waals surface area contributed by atoms with Gasteiger partial charge in [0.2, 0.25) is 0 Å². The SMILES string of the molecule is COc1ccccc1-c1ccc(C2CC(C(F)(F)C(F)(F)F)=NN2c2ccccc2Cl)nc1. The minimum Gasteiger partial charge on any atom is -0.496 e. The van der Waals surface area contributed by atoms with Crippen molar-refractivity contribution in [2.45, 2.75) is 24.6 Å². The third-order valence-electron chi connectivity index (χ3n) is 5.27. The summed E-state index contributed by atoms with van der Waals surface area (Å²) in [5, 5.41) is 4.89. The molecule has 1 unspecified atom stereocenters. The number of pyridine rings is 1. The van der Waals surface area contributed by atoms with Gasteiger partial charge < -0.3 is 4.74 Å². The Morgan fingerprint density at radius 1 is 0.970 bits per heavy atom. The van der Waals surface area contributed by atoms with E-state index < -0.39 is 30.3 Å². The molecule has 0 radical (unpaired) electrons. The van der Waals surface area contributed by atoms with Crippen molar-refractivity contribution in [1.29, 1.82) is 0 Å². The van der Waals surface area contributed by atoms with Crippen molar-refractivity contribution < 1.29 is 26.7 Å². The van der Waals surface area contributed by atoms with Crippen LogP contribution >= 0.6 is 11.6 Å². The first-order valence-corrected chi connectivity index (χ1v) is 10.2. The number of benzene rings is 2. The van der Waals surface area contributed by atoms with E-state index in [9.17, 15) is 22.0 Å². The number of nitrogens with zero attached hydrogens (tertiary/aromatic N) is 3. The van der Waals surface area contributed by atoms with E-state index in [0.717, 1.165) is 10.6 Å². The summed E-state index contributed by atoms with van der Waals surface area (Å²) in [5.41, 5.74) is 0.628. The summed E-state index contributed by atoms with van der Waals surface area (Å²) in [7, 11) is 1.53. The van der Waals surface area contributed by atoms with Gasteiger partial charge in [-0.25, -0.2) is 0 Å². The van der Waals surface area contributed by atoms with Crippen LogP contribution in [0.2, 0.25) is 5.02 Å². The topological polar surface area (TPSA) is 37.7 Å². The summed E-state index contributed by atoms with van der Waals surface area (Å²) in [6.07, 6.45) is -4.93. The second kappa shape index (κ2) is 8.62. The summed E-state index contributed by atoms with van der Waals surface area (Å²) in [6, 6.07) is 15.7. The Morgan fingerprint density at radius 2 is 1.67 bits per heavy atom. The third kappa shape index (κ3) is 4.25. The second-order valence-corrected chi connectivity index (χ2v) is 7.71. The number of halogens is 6. The number of methoxy groups -OCH3 is 1. The average Bonchev–Trinajstić information content (AvgIpc) is 3.25. The molecule has 2 heterocycles. The van der Waals surface area contributed by atoms with Gasteiger partial charge in [0.1, 0.15) is 17.5 Å². The van der Waals surface area contributed by atoms with Crippen LogP contribution < -0.4 is 9.75 Å². The number of anilines is 1. The fraction of sp³-hybridized carbons (Fsp3) is 0.217. The average molecular weight is 482 g/mol. The minimum atomic E-state index is -5.77. The van der Waals surface area contributed by atoms with E-state index in [1.165, 1.54) is 25.4 Å². The summed E-state index contributed by atoms with van der Waals surface area (Å²) in [6.45, 7) is 0. The molecule has 0 aliphatic carbocycles. The van der Waals surface area contributed by atoms with Crippen molar-refractivity contribution in [3.05, 3.63) is 77.6 Å². The molecule has 0 fully saturated rings. The van der Waals surface area contributed by atoms with Crippen LogP contribution in [0.5, 0.6) is 5.75 Å². The van der Waals surface area contributed by atoms with E-state index >= 15 is 0 Å². The van der Waals surface area contributed by atoms with Crippen molar-refractivity contribution in [2.75, 3.05) is 12.1 Å². The highest BCUT2D eigenvalue weighted by Crippen LogP contribution is 2.45. The van der Waals surface area contributed by atoms with Gasteiger partial charge in [-0.15, -0.1) is 0 Å². The fourth-order valence-electron chi connectivity index (χ4n) is 3.60. The predicted molar refractivity (Wildman–Crippen MR) is 116 cm³/mol. The maximum Gasteiger partial charge on any atom is 0.459 e. The van der Waals surface area contributed by atoms with Gasteiger partial charge >= 0.3 is 12.1 Å². The Balaban J connectivity index is 1.73. The quantitative estimate of drug-likeness (QED) is 0.371. The van der Waals surface area contributed by atoms with Crippen LogP contribution in [-0.2, 0) is 0 Å². The van der Waals surface area contributed by atoms with Crippen LogP contribution in [0.1, 0.15) is 18.2 Å². The van der Waals surface area contributed by atoms with Gasteiger partial charge in [0.25, 0.3) is 0 Å². The van der Waals surface area contributed by atoms with E-state index in [0.29, 0.717) is 11.3 Å². The van der Waals surface area contributed by atoms with Crippen LogP contribution in [0, 0.1) is 0 Å². The van der Waals surface area contributed by atoms with Gasteiger partial charge in [-0.3, -0.25) is 9.99 Å². The highest BCUT2D eigenvalue weighted by Gasteiger charge is 2.63. The van der Waals surface area contributed by atoms with Crippen LogP contribution in [-0.4, -0.2) is 29.9 Å². The smallest absolute Gasteiger partial charge is 0.459 e. The molecule has 0 N–H and O–H groups in total. The molecule has 0 amide bonds. The first-order chi connectivity index (χ1) is 15.6. The number of hydrazone groups is 1. The molecule has 0 bridgehead atoms. The minimum absolute atomic E-state index is 0.161. The van der Waals surface area contributed by atoms with Gasteiger partial charge in [-0.2, -0.15) is 27.1 Å². The van der Waals surface area contributed by atoms with Crippen molar-refractivity contribution in [3.63, 3.8) is 0 Å². The number of aromatic nitrogens is 1. The molecule has 4 rings (SSSR count). The predicted octanol–water partition coefficient (Wildman–Crippen LogP) is 6.92. The van der Waals surface area contributed by atoms with Crippen molar-refractivity contribution >= 4 is 23.0 Å². The summed E-state index contributed by atoms with van der Waals surface area (Å²) in [4.78, 5) is 4.36. The van der Waals surface area contributed by atoms with E-state index in [1.807, 2.05) is 18.2 Å². The Kier molecular flexibility index (Phi) is 6.00. The number of para-hydroxylation sites is 2. The van der Waals surface area contributed by atoms with Crippen LogP contribution in [0.15, 0.2) is 72.0 Å². The monoisotopic (exact) mass is 481 g/mol. The number of rotatable bonds is 5. The van der Waals surface area contributed by atoms with Gasteiger partial charge in [-0.05, 0) is 24.3 Å². The molecule has 1 aliphatic heterocycles. The molecule has 1 aliphatic rings. The standard InChI is InChI=1S/C23H17ClF5N3O/c1-33-20-9-5-2-6-15(20)14-10-11-17(30-13-14)19-12-21(22(25,26)23(27,28)29)31-32(19)18-8-4-3-7-16(18)24/h2-11,13,19H,12H2,1H3. The number of ether oxygens (including phenoxy) is 1. The molecular formula is C23H17ClF5N3O. The Morgan fingerprint density at radius 3 is 2.30 bits per heavy atom. The lowest BCUT2D eigenvalue weighted by atomic mass is 10.0. The van der Waals surface area contributed by atoms with Crippen LogP contribution in [0.4, 0.5) is 27.6 Å². The molecular weight excluding hydrogens is 465 g/mol. The first-order valence-electron chi connectivity index (χ1n) is 9.79. The second-order valence-electron chi connectivity index (χ2n) is 7.31. The summed E-state index contributed by atoms with van der Waals surface area (Å²) < 4.78 is 72.7. The van der Waals surface area contributed by atoms with Gasteiger partial charge in [0.05, 0.1) is 23.5 Å². The van der Waals surface area contributed by atoms with Crippen LogP contribution in [0.3, 0.4) is 0 Å². The number of hydrogen-bond donors (Lipinski definition) is 0. The zero-order valence-electron chi connectivity index (χ0n) is 17.2. The highest BCUT2D eigenvalue weighted by atomic mass is 35.5. The van der Waals surface area contributed by atoms with E-state index in [4.69, 9.17) is 16.3 Å². The molecule has 2 aromatic carbocycles.